The van der Waals surface area contributed by atoms with E-state index in [1.54, 1.807) is 0 Å². The zero-order valence-electron chi connectivity index (χ0n) is 12.8. The SMILES string of the molecule is C[NH+](C)[C@@H](CNC(=S)Nc1cccc(Br)c1)c1ccccc1. The lowest BCUT2D eigenvalue weighted by Gasteiger charge is -2.23. The number of thiocarbonyl (C=S) groups is 1. The minimum Gasteiger partial charge on any atom is -0.356 e. The Balaban J connectivity index is 1.94. The van der Waals surface area contributed by atoms with E-state index < -0.39 is 0 Å². The van der Waals surface area contributed by atoms with E-state index in [1.165, 1.54) is 10.5 Å². The van der Waals surface area contributed by atoms with Crippen LogP contribution in [-0.4, -0.2) is 25.8 Å². The van der Waals surface area contributed by atoms with Gasteiger partial charge in [0.05, 0.1) is 20.6 Å². The molecule has 0 aliphatic heterocycles. The molecule has 0 saturated carbocycles. The number of hydrogen-bond acceptors (Lipinski definition) is 1. The molecule has 2 aromatic carbocycles. The van der Waals surface area contributed by atoms with Crippen LogP contribution in [0.5, 0.6) is 0 Å². The highest BCUT2D eigenvalue weighted by Crippen LogP contribution is 2.15. The number of anilines is 1. The van der Waals surface area contributed by atoms with Crippen molar-refractivity contribution in [3.63, 3.8) is 0 Å². The molecule has 0 saturated heterocycles. The average molecular weight is 379 g/mol. The second-order valence-electron chi connectivity index (χ2n) is 5.39. The van der Waals surface area contributed by atoms with Crippen molar-refractivity contribution < 1.29 is 4.90 Å². The molecule has 0 unspecified atom stereocenters. The largest absolute Gasteiger partial charge is 0.356 e. The van der Waals surface area contributed by atoms with Crippen LogP contribution >= 0.6 is 28.1 Å². The van der Waals surface area contributed by atoms with Gasteiger partial charge in [0, 0.05) is 15.7 Å². The highest BCUT2D eigenvalue weighted by atomic mass is 79.9. The number of quaternary nitrogens is 1. The predicted octanol–water partition coefficient (Wildman–Crippen LogP) is 2.62. The van der Waals surface area contributed by atoms with Gasteiger partial charge in [0.1, 0.15) is 6.04 Å². The number of halogens is 1. The Morgan fingerprint density at radius 1 is 1.14 bits per heavy atom. The molecule has 2 rings (SSSR count). The molecule has 3 N–H and O–H groups in total. The monoisotopic (exact) mass is 378 g/mol. The van der Waals surface area contributed by atoms with Gasteiger partial charge in [-0.1, -0.05) is 52.3 Å². The van der Waals surface area contributed by atoms with Crippen molar-refractivity contribution in [2.45, 2.75) is 6.04 Å². The first-order chi connectivity index (χ1) is 10.6. The third-order valence-electron chi connectivity index (χ3n) is 3.45. The summed E-state index contributed by atoms with van der Waals surface area (Å²) in [5.41, 5.74) is 2.28. The lowest BCUT2D eigenvalue weighted by atomic mass is 10.1. The topological polar surface area (TPSA) is 28.5 Å². The summed E-state index contributed by atoms with van der Waals surface area (Å²) in [5.74, 6) is 0. The quantitative estimate of drug-likeness (QED) is 0.698. The molecule has 0 aromatic heterocycles. The van der Waals surface area contributed by atoms with Crippen LogP contribution in [0.3, 0.4) is 0 Å². The first-order valence-corrected chi connectivity index (χ1v) is 8.42. The lowest BCUT2D eigenvalue weighted by molar-refractivity contribution is -0.890. The number of benzene rings is 2. The third-order valence-corrected chi connectivity index (χ3v) is 4.19. The molecule has 0 bridgehead atoms. The normalized spacial score (nSPS) is 12.0. The van der Waals surface area contributed by atoms with Gasteiger partial charge in [-0.15, -0.1) is 0 Å². The third kappa shape index (κ3) is 5.09. The summed E-state index contributed by atoms with van der Waals surface area (Å²) < 4.78 is 1.03. The molecule has 0 aliphatic rings. The first kappa shape index (κ1) is 16.9. The maximum Gasteiger partial charge on any atom is 0.171 e. The molecule has 22 heavy (non-hydrogen) atoms. The van der Waals surface area contributed by atoms with Crippen LogP contribution in [0.25, 0.3) is 0 Å². The summed E-state index contributed by atoms with van der Waals surface area (Å²) in [6, 6.07) is 18.8. The minimum atomic E-state index is 0.350. The molecule has 1 atom stereocenters. The van der Waals surface area contributed by atoms with Crippen molar-refractivity contribution >= 4 is 38.9 Å². The summed E-state index contributed by atoms with van der Waals surface area (Å²) in [6.45, 7) is 0.784. The van der Waals surface area contributed by atoms with Gasteiger partial charge in [-0.05, 0) is 30.4 Å². The molecule has 0 heterocycles. The van der Waals surface area contributed by atoms with E-state index >= 15 is 0 Å². The molecule has 0 fully saturated rings. The Bertz CT molecular complexity index is 616. The van der Waals surface area contributed by atoms with Crippen LogP contribution in [0.4, 0.5) is 5.69 Å². The minimum absolute atomic E-state index is 0.350. The molecule has 0 radical (unpaired) electrons. The fourth-order valence-corrected chi connectivity index (χ4v) is 2.88. The summed E-state index contributed by atoms with van der Waals surface area (Å²) in [4.78, 5) is 1.36. The van der Waals surface area contributed by atoms with Crippen molar-refractivity contribution in [3.05, 3.63) is 64.6 Å². The van der Waals surface area contributed by atoms with Crippen molar-refractivity contribution in [1.29, 1.82) is 0 Å². The molecule has 0 aliphatic carbocycles. The van der Waals surface area contributed by atoms with Gasteiger partial charge in [0.25, 0.3) is 0 Å². The zero-order valence-corrected chi connectivity index (χ0v) is 15.2. The molecule has 0 spiro atoms. The molecule has 5 heteroatoms. The molecular formula is C17H21BrN3S+. The number of nitrogens with one attached hydrogen (secondary N) is 3. The Labute approximate surface area is 145 Å². The smallest absolute Gasteiger partial charge is 0.171 e. The van der Waals surface area contributed by atoms with Crippen molar-refractivity contribution in [3.8, 4) is 0 Å². The summed E-state index contributed by atoms with van der Waals surface area (Å²) in [7, 11) is 4.31. The standard InChI is InChI=1S/C17H20BrN3S/c1-21(2)16(13-7-4-3-5-8-13)12-19-17(22)20-15-10-6-9-14(18)11-15/h3-11,16H,12H2,1-2H3,(H2,19,20,22)/p+1/t16-/m0/s1. The Morgan fingerprint density at radius 2 is 1.86 bits per heavy atom. The summed E-state index contributed by atoms with van der Waals surface area (Å²) in [6.07, 6.45) is 0. The van der Waals surface area contributed by atoms with Crippen LogP contribution in [0, 0.1) is 0 Å². The van der Waals surface area contributed by atoms with Crippen LogP contribution in [0.15, 0.2) is 59.1 Å². The highest BCUT2D eigenvalue weighted by Gasteiger charge is 2.17. The van der Waals surface area contributed by atoms with E-state index in [1.807, 2.05) is 30.3 Å². The van der Waals surface area contributed by atoms with Gasteiger partial charge >= 0.3 is 0 Å². The van der Waals surface area contributed by atoms with Gasteiger partial charge in [0.15, 0.2) is 5.11 Å². The van der Waals surface area contributed by atoms with Gasteiger partial charge in [0.2, 0.25) is 0 Å². The van der Waals surface area contributed by atoms with E-state index in [0.29, 0.717) is 11.2 Å². The molecule has 0 amide bonds. The Morgan fingerprint density at radius 3 is 2.50 bits per heavy atom. The van der Waals surface area contributed by atoms with Gasteiger partial charge in [-0.2, -0.15) is 0 Å². The van der Waals surface area contributed by atoms with E-state index in [-0.39, 0.29) is 0 Å². The van der Waals surface area contributed by atoms with Gasteiger partial charge in [-0.3, -0.25) is 0 Å². The number of rotatable bonds is 5. The second-order valence-corrected chi connectivity index (χ2v) is 6.71. The fourth-order valence-electron chi connectivity index (χ4n) is 2.28. The fraction of sp³-hybridized carbons (Fsp3) is 0.235. The van der Waals surface area contributed by atoms with Crippen LogP contribution < -0.4 is 15.5 Å². The van der Waals surface area contributed by atoms with E-state index in [0.717, 1.165) is 16.7 Å². The first-order valence-electron chi connectivity index (χ1n) is 7.21. The Kier molecular flexibility index (Phi) is 6.36. The second kappa shape index (κ2) is 8.27. The molecule has 2 aromatic rings. The molecule has 116 valence electrons. The summed E-state index contributed by atoms with van der Waals surface area (Å²) in [5, 5.41) is 7.16. The van der Waals surface area contributed by atoms with E-state index in [4.69, 9.17) is 12.2 Å². The van der Waals surface area contributed by atoms with Crippen LogP contribution in [0.1, 0.15) is 11.6 Å². The van der Waals surface area contributed by atoms with Crippen molar-refractivity contribution in [2.75, 3.05) is 26.0 Å². The average Bonchev–Trinajstić information content (AvgIpc) is 2.48. The van der Waals surface area contributed by atoms with Crippen LogP contribution in [-0.2, 0) is 0 Å². The maximum atomic E-state index is 5.39. The van der Waals surface area contributed by atoms with Crippen molar-refractivity contribution in [1.82, 2.24) is 5.32 Å². The van der Waals surface area contributed by atoms with Crippen LogP contribution in [0.2, 0.25) is 0 Å². The Hall–Kier alpha value is -1.43. The van der Waals surface area contributed by atoms with E-state index in [2.05, 4.69) is 64.9 Å². The highest BCUT2D eigenvalue weighted by molar-refractivity contribution is 9.10. The summed E-state index contributed by atoms with van der Waals surface area (Å²) >= 11 is 8.84. The number of hydrogen-bond donors (Lipinski definition) is 3. The maximum absolute atomic E-state index is 5.39. The van der Waals surface area contributed by atoms with E-state index in [9.17, 15) is 0 Å². The molecular weight excluding hydrogens is 358 g/mol. The van der Waals surface area contributed by atoms with Gasteiger partial charge < -0.3 is 15.5 Å². The van der Waals surface area contributed by atoms with Crippen molar-refractivity contribution in [2.24, 2.45) is 0 Å². The molecule has 3 nitrogen and oxygen atoms in total. The number of likely N-dealkylation sites (N-methyl/N-ethyl adjacent to an activating group) is 1. The lowest BCUT2D eigenvalue weighted by Crippen LogP contribution is -3.07. The van der Waals surface area contributed by atoms with Gasteiger partial charge in [-0.25, -0.2) is 0 Å². The predicted molar refractivity (Wildman–Crippen MR) is 100 cm³/mol. The zero-order chi connectivity index (χ0) is 15.9.